The fraction of sp³-hybridized carbons (Fsp3) is 0.227. The van der Waals surface area contributed by atoms with Crippen LogP contribution < -0.4 is 0 Å². The van der Waals surface area contributed by atoms with Gasteiger partial charge in [0.25, 0.3) is 5.69 Å². The van der Waals surface area contributed by atoms with Crippen molar-refractivity contribution in [2.75, 3.05) is 0 Å². The van der Waals surface area contributed by atoms with Gasteiger partial charge in [0.1, 0.15) is 5.82 Å². The molecule has 0 N–H and O–H groups in total. The number of benzene rings is 2. The van der Waals surface area contributed by atoms with Gasteiger partial charge in [-0.1, -0.05) is 13.8 Å². The number of non-ortho nitro benzene ring substituents is 1. The molecular formula is C22H19FN2O3. The lowest BCUT2D eigenvalue weighted by atomic mass is 9.76. The standard InChI is InChI=1S/C22H19FN2O3/c1-22(2)12-20-18(21(26)13-22)11-19(14-3-7-17(8-4-14)25(27)28)24(20)16-9-5-15(23)6-10-16/h3-11H,12-13H2,1-2H3. The number of carbonyl (C=O) groups is 1. The second kappa shape index (κ2) is 6.41. The van der Waals surface area contributed by atoms with Gasteiger partial charge in [-0.3, -0.25) is 14.9 Å². The van der Waals surface area contributed by atoms with Crippen LogP contribution in [-0.4, -0.2) is 15.3 Å². The van der Waals surface area contributed by atoms with Crippen molar-refractivity contribution in [3.05, 3.63) is 81.8 Å². The van der Waals surface area contributed by atoms with Crippen molar-refractivity contribution in [1.82, 2.24) is 4.57 Å². The number of Topliss-reactive ketones (excluding diaryl/α,β-unsaturated/α-hetero) is 1. The molecule has 5 nitrogen and oxygen atoms in total. The summed E-state index contributed by atoms with van der Waals surface area (Å²) in [5.74, 6) is -0.256. The highest BCUT2D eigenvalue weighted by atomic mass is 19.1. The number of hydrogen-bond donors (Lipinski definition) is 0. The second-order valence-electron chi connectivity index (χ2n) is 7.95. The number of halogens is 1. The zero-order valence-electron chi connectivity index (χ0n) is 15.6. The maximum absolute atomic E-state index is 13.5. The van der Waals surface area contributed by atoms with E-state index in [2.05, 4.69) is 13.8 Å². The number of carbonyl (C=O) groups excluding carboxylic acids is 1. The molecule has 0 fully saturated rings. The lowest BCUT2D eigenvalue weighted by Gasteiger charge is -2.30. The minimum Gasteiger partial charge on any atom is -0.313 e. The Bertz CT molecular complexity index is 1080. The molecular weight excluding hydrogens is 359 g/mol. The summed E-state index contributed by atoms with van der Waals surface area (Å²) in [4.78, 5) is 23.3. The molecule has 1 heterocycles. The van der Waals surface area contributed by atoms with Gasteiger partial charge in [0.15, 0.2) is 5.78 Å². The van der Waals surface area contributed by atoms with Gasteiger partial charge in [-0.25, -0.2) is 4.39 Å². The maximum Gasteiger partial charge on any atom is 0.269 e. The molecule has 0 unspecified atom stereocenters. The van der Waals surface area contributed by atoms with Gasteiger partial charge in [0.2, 0.25) is 0 Å². The molecule has 142 valence electrons. The Balaban J connectivity index is 1.94. The first kappa shape index (κ1) is 18.1. The van der Waals surface area contributed by atoms with Gasteiger partial charge in [0.05, 0.1) is 10.6 Å². The van der Waals surface area contributed by atoms with Crippen LogP contribution in [0.15, 0.2) is 54.6 Å². The van der Waals surface area contributed by atoms with E-state index in [1.54, 1.807) is 24.3 Å². The Morgan fingerprint density at radius 2 is 1.68 bits per heavy atom. The summed E-state index contributed by atoms with van der Waals surface area (Å²) >= 11 is 0. The van der Waals surface area contributed by atoms with Gasteiger partial charge in [-0.05, 0) is 59.9 Å². The molecule has 2 aromatic carbocycles. The Labute approximate surface area is 161 Å². The number of fused-ring (bicyclic) bond motifs is 1. The van der Waals surface area contributed by atoms with Crippen LogP contribution in [0.25, 0.3) is 16.9 Å². The first-order valence-electron chi connectivity index (χ1n) is 9.04. The highest BCUT2D eigenvalue weighted by Gasteiger charge is 2.35. The highest BCUT2D eigenvalue weighted by Crippen LogP contribution is 2.40. The number of nitrogens with zero attached hydrogens (tertiary/aromatic N) is 2. The minimum atomic E-state index is -0.445. The predicted molar refractivity (Wildman–Crippen MR) is 104 cm³/mol. The van der Waals surface area contributed by atoms with Crippen molar-refractivity contribution < 1.29 is 14.1 Å². The zero-order chi connectivity index (χ0) is 20.1. The van der Waals surface area contributed by atoms with Crippen molar-refractivity contribution in [1.29, 1.82) is 0 Å². The predicted octanol–water partition coefficient (Wildman–Crippen LogP) is 5.35. The van der Waals surface area contributed by atoms with Gasteiger partial charge in [-0.2, -0.15) is 0 Å². The van der Waals surface area contributed by atoms with Crippen LogP contribution in [0, 0.1) is 21.3 Å². The molecule has 0 amide bonds. The minimum absolute atomic E-state index is 0.00520. The summed E-state index contributed by atoms with van der Waals surface area (Å²) in [6.07, 6.45) is 1.17. The van der Waals surface area contributed by atoms with E-state index in [-0.39, 0.29) is 22.7 Å². The molecule has 1 aromatic heterocycles. The van der Waals surface area contributed by atoms with Crippen molar-refractivity contribution in [2.24, 2.45) is 5.41 Å². The van der Waals surface area contributed by atoms with Gasteiger partial charge < -0.3 is 4.57 Å². The van der Waals surface area contributed by atoms with E-state index in [0.29, 0.717) is 18.4 Å². The molecule has 0 radical (unpaired) electrons. The largest absolute Gasteiger partial charge is 0.313 e. The number of nitro groups is 1. The van der Waals surface area contributed by atoms with E-state index in [1.807, 2.05) is 10.6 Å². The Hall–Kier alpha value is -3.28. The summed E-state index contributed by atoms with van der Waals surface area (Å²) < 4.78 is 15.4. The number of hydrogen-bond acceptors (Lipinski definition) is 3. The van der Waals surface area contributed by atoms with Crippen LogP contribution >= 0.6 is 0 Å². The second-order valence-corrected chi connectivity index (χ2v) is 7.95. The molecule has 0 saturated carbocycles. The Kier molecular flexibility index (Phi) is 4.14. The van der Waals surface area contributed by atoms with E-state index in [4.69, 9.17) is 0 Å². The lowest BCUT2D eigenvalue weighted by molar-refractivity contribution is -0.384. The normalized spacial score (nSPS) is 15.3. The summed E-state index contributed by atoms with van der Waals surface area (Å²) in [7, 11) is 0. The molecule has 0 spiro atoms. The van der Waals surface area contributed by atoms with Crippen molar-refractivity contribution in [3.63, 3.8) is 0 Å². The molecule has 1 aliphatic rings. The fourth-order valence-corrected chi connectivity index (χ4v) is 3.86. The van der Waals surface area contributed by atoms with Crippen molar-refractivity contribution in [3.8, 4) is 16.9 Å². The van der Waals surface area contributed by atoms with E-state index < -0.39 is 4.92 Å². The summed E-state index contributed by atoms with van der Waals surface area (Å²) in [5.41, 5.74) is 3.66. The average molecular weight is 378 g/mol. The van der Waals surface area contributed by atoms with Gasteiger partial charge >= 0.3 is 0 Å². The molecule has 0 bridgehead atoms. The van der Waals surface area contributed by atoms with E-state index in [9.17, 15) is 19.3 Å². The average Bonchev–Trinajstić information content (AvgIpc) is 3.01. The van der Waals surface area contributed by atoms with E-state index >= 15 is 0 Å². The molecule has 28 heavy (non-hydrogen) atoms. The molecule has 3 aromatic rings. The van der Waals surface area contributed by atoms with Crippen LogP contribution in [0.3, 0.4) is 0 Å². The molecule has 0 saturated heterocycles. The van der Waals surface area contributed by atoms with E-state index in [1.165, 1.54) is 24.3 Å². The third-order valence-corrected chi connectivity index (χ3v) is 5.15. The first-order chi connectivity index (χ1) is 13.2. The Morgan fingerprint density at radius 3 is 2.29 bits per heavy atom. The van der Waals surface area contributed by atoms with Gasteiger partial charge in [-0.15, -0.1) is 0 Å². The molecule has 1 aliphatic carbocycles. The maximum atomic E-state index is 13.5. The fourth-order valence-electron chi connectivity index (χ4n) is 3.86. The summed E-state index contributed by atoms with van der Waals surface area (Å²) in [5, 5.41) is 11.0. The zero-order valence-corrected chi connectivity index (χ0v) is 15.6. The molecule has 6 heteroatoms. The van der Waals surface area contributed by atoms with Gasteiger partial charge in [0, 0.05) is 35.5 Å². The van der Waals surface area contributed by atoms with Crippen LogP contribution in [-0.2, 0) is 6.42 Å². The highest BCUT2D eigenvalue weighted by molar-refractivity contribution is 6.00. The Morgan fingerprint density at radius 1 is 1.04 bits per heavy atom. The monoisotopic (exact) mass is 378 g/mol. The van der Waals surface area contributed by atoms with Crippen LogP contribution in [0.5, 0.6) is 0 Å². The number of nitro benzene ring substituents is 1. The third-order valence-electron chi connectivity index (χ3n) is 5.15. The molecule has 0 aliphatic heterocycles. The van der Waals surface area contributed by atoms with Crippen LogP contribution in [0.2, 0.25) is 0 Å². The number of ketones is 1. The quantitative estimate of drug-likeness (QED) is 0.456. The van der Waals surface area contributed by atoms with Crippen molar-refractivity contribution in [2.45, 2.75) is 26.7 Å². The topological polar surface area (TPSA) is 65.1 Å². The summed E-state index contributed by atoms with van der Waals surface area (Å²) in [6.45, 7) is 4.11. The molecule has 0 atom stereocenters. The number of aromatic nitrogens is 1. The van der Waals surface area contributed by atoms with E-state index in [0.717, 1.165) is 22.6 Å². The summed E-state index contributed by atoms with van der Waals surface area (Å²) in [6, 6.07) is 14.2. The number of rotatable bonds is 3. The lowest BCUT2D eigenvalue weighted by Crippen LogP contribution is -2.27. The van der Waals surface area contributed by atoms with Crippen LogP contribution in [0.4, 0.5) is 10.1 Å². The third kappa shape index (κ3) is 3.11. The van der Waals surface area contributed by atoms with Crippen LogP contribution in [0.1, 0.15) is 36.3 Å². The van der Waals surface area contributed by atoms with Crippen molar-refractivity contribution >= 4 is 11.5 Å². The molecule has 4 rings (SSSR count). The smallest absolute Gasteiger partial charge is 0.269 e. The SMILES string of the molecule is CC1(C)CC(=O)c2cc(-c3ccc([N+](=O)[O-])cc3)n(-c3ccc(F)cc3)c2C1. The first-order valence-corrected chi connectivity index (χ1v) is 9.04.